The van der Waals surface area contributed by atoms with E-state index >= 15 is 0 Å². The van der Waals surface area contributed by atoms with Crippen LogP contribution < -0.4 is 10.6 Å². The third-order valence-electron chi connectivity index (χ3n) is 4.76. The van der Waals surface area contributed by atoms with Crippen LogP contribution in [0.5, 0.6) is 0 Å². The van der Waals surface area contributed by atoms with Crippen LogP contribution in [0.15, 0.2) is 54.7 Å². The summed E-state index contributed by atoms with van der Waals surface area (Å²) in [4.78, 5) is 28.4. The minimum absolute atomic E-state index is 0.0688. The Hall–Kier alpha value is -3.15. The summed E-state index contributed by atoms with van der Waals surface area (Å²) in [6.07, 6.45) is 4.07. The van der Waals surface area contributed by atoms with Crippen LogP contribution in [0, 0.1) is 5.82 Å². The van der Waals surface area contributed by atoms with Crippen molar-refractivity contribution in [3.05, 3.63) is 71.7 Å². The van der Waals surface area contributed by atoms with E-state index in [1.165, 1.54) is 18.2 Å². The van der Waals surface area contributed by atoms with E-state index in [9.17, 15) is 14.0 Å². The van der Waals surface area contributed by atoms with Crippen molar-refractivity contribution in [3.8, 4) is 0 Å². The second-order valence-electron chi connectivity index (χ2n) is 6.85. The van der Waals surface area contributed by atoms with Crippen LogP contribution >= 0.6 is 0 Å². The summed E-state index contributed by atoms with van der Waals surface area (Å²) in [5.41, 5.74) is 1.82. The molecule has 1 aliphatic rings. The number of fused-ring (bicyclic) bond motifs is 1. The summed E-state index contributed by atoms with van der Waals surface area (Å²) in [7, 11) is 0. The highest BCUT2D eigenvalue weighted by Crippen LogP contribution is 2.21. The monoisotopic (exact) mass is 365 g/mol. The molecule has 4 rings (SSSR count). The molecule has 0 radical (unpaired) electrons. The molecule has 1 atom stereocenters. The van der Waals surface area contributed by atoms with Gasteiger partial charge in [-0.05, 0) is 36.6 Å². The normalized spacial score (nSPS) is 14.7. The number of carbonyl (C=O) groups is 2. The average Bonchev–Trinajstić information content (AvgIpc) is 3.39. The van der Waals surface area contributed by atoms with Crippen molar-refractivity contribution in [2.45, 2.75) is 31.3 Å². The molecule has 138 valence electrons. The van der Waals surface area contributed by atoms with Gasteiger partial charge in [0.05, 0.1) is 5.56 Å². The van der Waals surface area contributed by atoms with Gasteiger partial charge in [-0.3, -0.25) is 9.59 Å². The Kier molecular flexibility index (Phi) is 4.62. The molecule has 1 fully saturated rings. The van der Waals surface area contributed by atoms with Gasteiger partial charge in [-0.15, -0.1) is 0 Å². The van der Waals surface area contributed by atoms with Crippen molar-refractivity contribution in [1.29, 1.82) is 0 Å². The molecule has 6 heteroatoms. The number of para-hydroxylation sites is 1. The zero-order valence-electron chi connectivity index (χ0n) is 14.7. The van der Waals surface area contributed by atoms with Crippen molar-refractivity contribution in [2.24, 2.45) is 0 Å². The molecule has 2 aromatic carbocycles. The van der Waals surface area contributed by atoms with Gasteiger partial charge in [-0.1, -0.05) is 30.3 Å². The lowest BCUT2D eigenvalue weighted by atomic mass is 10.0. The standard InChI is InChI=1S/C21H20FN3O2/c22-17-7-3-1-6-16(17)20(26)25-19(21(27)24-14-9-10-14)11-13-12-23-18-8-4-2-5-15(13)18/h1-8,12,14,19,23H,9-11H2,(H,24,27)(H,25,26)/t19-/m0/s1. The van der Waals surface area contributed by atoms with E-state index in [0.717, 1.165) is 29.3 Å². The first-order chi connectivity index (χ1) is 13.1. The summed E-state index contributed by atoms with van der Waals surface area (Å²) in [5, 5.41) is 6.64. The van der Waals surface area contributed by atoms with Gasteiger partial charge in [0.1, 0.15) is 11.9 Å². The number of nitrogens with one attached hydrogen (secondary N) is 3. The highest BCUT2D eigenvalue weighted by molar-refractivity contribution is 5.98. The van der Waals surface area contributed by atoms with E-state index in [1.54, 1.807) is 6.07 Å². The number of hydrogen-bond donors (Lipinski definition) is 3. The third-order valence-corrected chi connectivity index (χ3v) is 4.76. The lowest BCUT2D eigenvalue weighted by Crippen LogP contribution is -2.48. The third kappa shape index (κ3) is 3.84. The number of rotatable bonds is 6. The van der Waals surface area contributed by atoms with Crippen molar-refractivity contribution >= 4 is 22.7 Å². The minimum atomic E-state index is -0.781. The highest BCUT2D eigenvalue weighted by atomic mass is 19.1. The largest absolute Gasteiger partial charge is 0.361 e. The summed E-state index contributed by atoms with van der Waals surface area (Å²) in [5.74, 6) is -1.44. The van der Waals surface area contributed by atoms with Gasteiger partial charge in [0, 0.05) is 29.6 Å². The molecule has 0 saturated heterocycles. The molecular weight excluding hydrogens is 345 g/mol. The number of H-pyrrole nitrogens is 1. The molecule has 3 aromatic rings. The molecule has 0 spiro atoms. The number of hydrogen-bond acceptors (Lipinski definition) is 2. The predicted octanol–water partition coefficient (Wildman–Crippen LogP) is 2.93. The van der Waals surface area contributed by atoms with Crippen LogP contribution in [-0.2, 0) is 11.2 Å². The fourth-order valence-electron chi connectivity index (χ4n) is 3.14. The summed E-state index contributed by atoms with van der Waals surface area (Å²) in [6, 6.07) is 12.9. The number of amides is 2. The topological polar surface area (TPSA) is 74.0 Å². The van der Waals surface area contributed by atoms with Crippen molar-refractivity contribution in [2.75, 3.05) is 0 Å². The van der Waals surface area contributed by atoms with Gasteiger partial charge < -0.3 is 15.6 Å². The van der Waals surface area contributed by atoms with Gasteiger partial charge in [0.15, 0.2) is 0 Å². The first-order valence-corrected chi connectivity index (χ1v) is 9.02. The molecule has 1 aliphatic carbocycles. The summed E-state index contributed by atoms with van der Waals surface area (Å²) >= 11 is 0. The fourth-order valence-corrected chi connectivity index (χ4v) is 3.14. The Labute approximate surface area is 156 Å². The van der Waals surface area contributed by atoms with E-state index in [-0.39, 0.29) is 17.5 Å². The van der Waals surface area contributed by atoms with E-state index in [4.69, 9.17) is 0 Å². The first kappa shape index (κ1) is 17.3. The molecule has 0 bridgehead atoms. The predicted molar refractivity (Wildman–Crippen MR) is 101 cm³/mol. The second kappa shape index (κ2) is 7.23. The number of aromatic amines is 1. The molecule has 0 aliphatic heterocycles. The van der Waals surface area contributed by atoms with Gasteiger partial charge in [0.25, 0.3) is 5.91 Å². The SMILES string of the molecule is O=C(N[C@@H](Cc1c[nH]c2ccccc12)C(=O)NC1CC1)c1ccccc1F. The van der Waals surface area contributed by atoms with Gasteiger partial charge in [-0.2, -0.15) is 0 Å². The minimum Gasteiger partial charge on any atom is -0.361 e. The lowest BCUT2D eigenvalue weighted by Gasteiger charge is -2.18. The van der Waals surface area contributed by atoms with E-state index in [0.29, 0.717) is 6.42 Å². The van der Waals surface area contributed by atoms with Gasteiger partial charge in [0.2, 0.25) is 5.91 Å². The maximum atomic E-state index is 13.9. The Bertz CT molecular complexity index is 994. The van der Waals surface area contributed by atoms with Crippen LogP contribution in [-0.4, -0.2) is 28.9 Å². The molecule has 3 N–H and O–H groups in total. The van der Waals surface area contributed by atoms with Gasteiger partial charge in [-0.25, -0.2) is 4.39 Å². The van der Waals surface area contributed by atoms with Gasteiger partial charge >= 0.3 is 0 Å². The molecule has 0 unspecified atom stereocenters. The smallest absolute Gasteiger partial charge is 0.254 e. The average molecular weight is 365 g/mol. The fraction of sp³-hybridized carbons (Fsp3) is 0.238. The number of benzene rings is 2. The Morgan fingerprint density at radius 1 is 1.11 bits per heavy atom. The van der Waals surface area contributed by atoms with Crippen LogP contribution in [0.4, 0.5) is 4.39 Å². The Balaban J connectivity index is 1.57. The second-order valence-corrected chi connectivity index (χ2v) is 6.85. The summed E-state index contributed by atoms with van der Waals surface area (Å²) in [6.45, 7) is 0. The zero-order valence-corrected chi connectivity index (χ0v) is 14.7. The number of aromatic nitrogens is 1. The number of halogens is 1. The van der Waals surface area contributed by atoms with Crippen molar-refractivity contribution < 1.29 is 14.0 Å². The molecule has 5 nitrogen and oxygen atoms in total. The van der Waals surface area contributed by atoms with Crippen LogP contribution in [0.25, 0.3) is 10.9 Å². The molecule has 1 saturated carbocycles. The first-order valence-electron chi connectivity index (χ1n) is 9.02. The van der Waals surface area contributed by atoms with Crippen LogP contribution in [0.1, 0.15) is 28.8 Å². The van der Waals surface area contributed by atoms with Crippen molar-refractivity contribution in [1.82, 2.24) is 15.6 Å². The Morgan fingerprint density at radius 3 is 2.63 bits per heavy atom. The van der Waals surface area contributed by atoms with E-state index in [2.05, 4.69) is 15.6 Å². The highest BCUT2D eigenvalue weighted by Gasteiger charge is 2.29. The summed E-state index contributed by atoms with van der Waals surface area (Å²) < 4.78 is 13.9. The lowest BCUT2D eigenvalue weighted by molar-refractivity contribution is -0.123. The molecular formula is C21H20FN3O2. The van der Waals surface area contributed by atoms with Crippen molar-refractivity contribution in [3.63, 3.8) is 0 Å². The quantitative estimate of drug-likeness (QED) is 0.628. The molecule has 27 heavy (non-hydrogen) atoms. The van der Waals surface area contributed by atoms with E-state index in [1.807, 2.05) is 30.5 Å². The van der Waals surface area contributed by atoms with Crippen LogP contribution in [0.2, 0.25) is 0 Å². The van der Waals surface area contributed by atoms with Crippen LogP contribution in [0.3, 0.4) is 0 Å². The number of carbonyl (C=O) groups excluding carboxylic acids is 2. The Morgan fingerprint density at radius 2 is 1.85 bits per heavy atom. The molecule has 1 heterocycles. The van der Waals surface area contributed by atoms with E-state index < -0.39 is 17.8 Å². The maximum Gasteiger partial charge on any atom is 0.254 e. The molecule has 1 aromatic heterocycles. The zero-order chi connectivity index (χ0) is 18.8. The maximum absolute atomic E-state index is 13.9. The molecule has 2 amide bonds.